The number of aldehydes is 1. The van der Waals surface area contributed by atoms with Crippen molar-refractivity contribution in [1.29, 1.82) is 5.26 Å². The molecule has 0 unspecified atom stereocenters. The molecule has 0 radical (unpaired) electrons. The van der Waals surface area contributed by atoms with Crippen LogP contribution in [0.3, 0.4) is 0 Å². The molecule has 1 rings (SSSR count). The van der Waals surface area contributed by atoms with Crippen LogP contribution in [-0.4, -0.2) is 17.4 Å². The highest BCUT2D eigenvalue weighted by Crippen LogP contribution is 2.16. The van der Waals surface area contributed by atoms with E-state index in [4.69, 9.17) is 10.4 Å². The van der Waals surface area contributed by atoms with Gasteiger partial charge in [-0.2, -0.15) is 5.26 Å². The molecule has 0 heterocycles. The number of aryl methyl sites for hydroxylation is 1. The second-order valence-corrected chi connectivity index (χ2v) is 2.98. The molecule has 0 atom stereocenters. The summed E-state index contributed by atoms with van der Waals surface area (Å²) in [6.07, 6.45) is 1.10. The minimum Gasteiger partial charge on any atom is -0.478 e. The Morgan fingerprint density at radius 1 is 1.60 bits per heavy atom. The summed E-state index contributed by atoms with van der Waals surface area (Å²) >= 11 is 0. The molecule has 76 valence electrons. The molecule has 0 saturated carbocycles. The number of hydrogen-bond donors (Lipinski definition) is 1. The van der Waals surface area contributed by atoms with Gasteiger partial charge in [0.2, 0.25) is 0 Å². The lowest BCUT2D eigenvalue weighted by molar-refractivity contribution is 0.0696. The SMILES string of the molecule is CCc1cc(C(=O)O)cc(C#N)c1C=O. The molecule has 4 heteroatoms. The fraction of sp³-hybridized carbons (Fsp3) is 0.182. The predicted octanol–water partition coefficient (Wildman–Crippen LogP) is 1.63. The Hall–Kier alpha value is -2.15. The molecule has 1 aromatic rings. The van der Waals surface area contributed by atoms with Gasteiger partial charge in [0, 0.05) is 5.56 Å². The topological polar surface area (TPSA) is 78.2 Å². The average Bonchev–Trinajstić information content (AvgIpc) is 2.26. The Labute approximate surface area is 86.8 Å². The van der Waals surface area contributed by atoms with Gasteiger partial charge in [-0.15, -0.1) is 0 Å². The summed E-state index contributed by atoms with van der Waals surface area (Å²) in [6.45, 7) is 1.80. The van der Waals surface area contributed by atoms with Gasteiger partial charge in [0.05, 0.1) is 17.2 Å². The van der Waals surface area contributed by atoms with Crippen LogP contribution in [0.15, 0.2) is 12.1 Å². The zero-order chi connectivity index (χ0) is 11.4. The summed E-state index contributed by atoms with van der Waals surface area (Å²) in [6, 6.07) is 4.46. The Kier molecular flexibility index (Phi) is 3.19. The van der Waals surface area contributed by atoms with E-state index in [9.17, 15) is 9.59 Å². The number of carboxylic acids is 1. The largest absolute Gasteiger partial charge is 0.478 e. The first-order valence-electron chi connectivity index (χ1n) is 4.39. The summed E-state index contributed by atoms with van der Waals surface area (Å²) in [5.74, 6) is -1.10. The van der Waals surface area contributed by atoms with Crippen molar-refractivity contribution in [3.8, 4) is 6.07 Å². The van der Waals surface area contributed by atoms with Gasteiger partial charge in [-0.05, 0) is 24.1 Å². The van der Waals surface area contributed by atoms with Crippen LogP contribution >= 0.6 is 0 Å². The molecule has 15 heavy (non-hydrogen) atoms. The van der Waals surface area contributed by atoms with Crippen LogP contribution in [0.5, 0.6) is 0 Å². The van der Waals surface area contributed by atoms with Crippen LogP contribution in [0, 0.1) is 11.3 Å². The monoisotopic (exact) mass is 203 g/mol. The highest BCUT2D eigenvalue weighted by Gasteiger charge is 2.12. The maximum atomic E-state index is 10.7. The minimum absolute atomic E-state index is 0.0361. The maximum Gasteiger partial charge on any atom is 0.335 e. The van der Waals surface area contributed by atoms with Crippen molar-refractivity contribution in [2.24, 2.45) is 0 Å². The standard InChI is InChI=1S/C11H9NO3/c1-2-7-3-8(11(14)15)4-9(5-12)10(7)6-13/h3-4,6H,2H2,1H3,(H,14,15). The highest BCUT2D eigenvalue weighted by molar-refractivity contribution is 5.91. The molecular weight excluding hydrogens is 194 g/mol. The van der Waals surface area contributed by atoms with Crippen molar-refractivity contribution in [2.75, 3.05) is 0 Å². The van der Waals surface area contributed by atoms with Crippen molar-refractivity contribution in [2.45, 2.75) is 13.3 Å². The lowest BCUT2D eigenvalue weighted by Gasteiger charge is -2.05. The molecule has 0 amide bonds. The third kappa shape index (κ3) is 2.02. The molecule has 0 bridgehead atoms. The van der Waals surface area contributed by atoms with Crippen LogP contribution in [0.1, 0.15) is 38.8 Å². The molecule has 1 N–H and O–H groups in total. The number of nitrogens with zero attached hydrogens (tertiary/aromatic N) is 1. The van der Waals surface area contributed by atoms with Crippen molar-refractivity contribution in [1.82, 2.24) is 0 Å². The zero-order valence-corrected chi connectivity index (χ0v) is 8.15. The molecule has 1 aromatic carbocycles. The number of carboxylic acid groups (broad SMARTS) is 1. The molecule has 0 aliphatic rings. The summed E-state index contributed by atoms with van der Waals surface area (Å²) in [4.78, 5) is 21.5. The number of carbonyl (C=O) groups is 2. The van der Waals surface area contributed by atoms with Crippen LogP contribution in [0.4, 0.5) is 0 Å². The van der Waals surface area contributed by atoms with E-state index in [0.29, 0.717) is 18.3 Å². The first-order chi connectivity index (χ1) is 7.13. The third-order valence-electron chi connectivity index (χ3n) is 2.13. The zero-order valence-electron chi connectivity index (χ0n) is 8.15. The van der Waals surface area contributed by atoms with Crippen molar-refractivity contribution in [3.05, 3.63) is 34.4 Å². The Morgan fingerprint density at radius 3 is 2.67 bits per heavy atom. The molecule has 0 aliphatic carbocycles. The molecule has 0 fully saturated rings. The fourth-order valence-corrected chi connectivity index (χ4v) is 1.36. The highest BCUT2D eigenvalue weighted by atomic mass is 16.4. The lowest BCUT2D eigenvalue weighted by atomic mass is 9.97. The lowest BCUT2D eigenvalue weighted by Crippen LogP contribution is -2.03. The average molecular weight is 203 g/mol. The second-order valence-electron chi connectivity index (χ2n) is 2.98. The second kappa shape index (κ2) is 4.38. The quantitative estimate of drug-likeness (QED) is 0.757. The summed E-state index contributed by atoms with van der Waals surface area (Å²) in [5.41, 5.74) is 1.02. The van der Waals surface area contributed by atoms with Gasteiger partial charge in [0.15, 0.2) is 6.29 Å². The van der Waals surface area contributed by atoms with Gasteiger partial charge in [0.25, 0.3) is 0 Å². The first-order valence-corrected chi connectivity index (χ1v) is 4.39. The third-order valence-corrected chi connectivity index (χ3v) is 2.13. The molecule has 0 aromatic heterocycles. The van der Waals surface area contributed by atoms with Crippen LogP contribution in [0.25, 0.3) is 0 Å². The fourth-order valence-electron chi connectivity index (χ4n) is 1.36. The van der Waals surface area contributed by atoms with E-state index in [1.807, 2.05) is 6.07 Å². The van der Waals surface area contributed by atoms with E-state index < -0.39 is 5.97 Å². The molecule has 0 spiro atoms. The molecule has 0 aliphatic heterocycles. The molecule has 4 nitrogen and oxygen atoms in total. The van der Waals surface area contributed by atoms with E-state index >= 15 is 0 Å². The van der Waals surface area contributed by atoms with Gasteiger partial charge in [-0.1, -0.05) is 6.92 Å². The van der Waals surface area contributed by atoms with E-state index in [2.05, 4.69) is 0 Å². The van der Waals surface area contributed by atoms with Crippen molar-refractivity contribution >= 4 is 12.3 Å². The van der Waals surface area contributed by atoms with Crippen LogP contribution < -0.4 is 0 Å². The van der Waals surface area contributed by atoms with Gasteiger partial charge in [-0.3, -0.25) is 4.79 Å². The normalized spacial score (nSPS) is 9.33. The van der Waals surface area contributed by atoms with E-state index in [0.717, 1.165) is 0 Å². The number of benzene rings is 1. The number of nitriles is 1. The van der Waals surface area contributed by atoms with Crippen LogP contribution in [-0.2, 0) is 6.42 Å². The molecular formula is C11H9NO3. The van der Waals surface area contributed by atoms with E-state index in [1.165, 1.54) is 12.1 Å². The van der Waals surface area contributed by atoms with Crippen LogP contribution in [0.2, 0.25) is 0 Å². The van der Waals surface area contributed by atoms with Crippen molar-refractivity contribution < 1.29 is 14.7 Å². The number of aromatic carboxylic acids is 1. The summed E-state index contributed by atoms with van der Waals surface area (Å²) in [5, 5.41) is 17.6. The maximum absolute atomic E-state index is 10.7. The van der Waals surface area contributed by atoms with Crippen molar-refractivity contribution in [3.63, 3.8) is 0 Å². The van der Waals surface area contributed by atoms with Gasteiger partial charge in [0.1, 0.15) is 0 Å². The van der Waals surface area contributed by atoms with E-state index in [-0.39, 0.29) is 16.7 Å². The van der Waals surface area contributed by atoms with Gasteiger partial charge in [-0.25, -0.2) is 4.79 Å². The summed E-state index contributed by atoms with van der Waals surface area (Å²) < 4.78 is 0. The van der Waals surface area contributed by atoms with E-state index in [1.54, 1.807) is 6.92 Å². The Bertz CT molecular complexity index is 458. The Morgan fingerprint density at radius 2 is 2.27 bits per heavy atom. The number of hydrogen-bond acceptors (Lipinski definition) is 3. The van der Waals surface area contributed by atoms with Gasteiger partial charge < -0.3 is 5.11 Å². The minimum atomic E-state index is -1.10. The smallest absolute Gasteiger partial charge is 0.335 e. The Balaban J connectivity index is 3.51. The summed E-state index contributed by atoms with van der Waals surface area (Å²) in [7, 11) is 0. The number of rotatable bonds is 3. The predicted molar refractivity (Wildman–Crippen MR) is 52.9 cm³/mol. The number of carbonyl (C=O) groups excluding carboxylic acids is 1. The van der Waals surface area contributed by atoms with Gasteiger partial charge >= 0.3 is 5.97 Å². The first kappa shape index (κ1) is 10.9. The molecule has 0 saturated heterocycles.